The quantitative estimate of drug-likeness (QED) is 0.291. The molecule has 0 atom stereocenters. The number of nitrogens with one attached hydrogen (secondary N) is 2. The van der Waals surface area contributed by atoms with Crippen LogP contribution in [0.25, 0.3) is 6.08 Å². The van der Waals surface area contributed by atoms with Crippen LogP contribution in [0.15, 0.2) is 76.8 Å². The highest BCUT2D eigenvalue weighted by Crippen LogP contribution is 2.20. The molecule has 0 aliphatic carbocycles. The molecule has 0 spiro atoms. The molecular formula is C25H21N3O7. The van der Waals surface area contributed by atoms with Crippen molar-refractivity contribution < 1.29 is 33.1 Å². The van der Waals surface area contributed by atoms with Crippen molar-refractivity contribution in [3.05, 3.63) is 89.5 Å². The second-order valence-corrected chi connectivity index (χ2v) is 7.41. The average Bonchev–Trinajstić information content (AvgIpc) is 3.44. The number of ether oxygens (including phenoxy) is 2. The number of carbonyl (C=O) groups is 4. The molecule has 3 aromatic rings. The smallest absolute Gasteiger partial charge is 0.373 e. The molecule has 1 saturated heterocycles. The third kappa shape index (κ3) is 5.74. The zero-order chi connectivity index (χ0) is 24.8. The highest BCUT2D eigenvalue weighted by atomic mass is 16.5. The number of para-hydroxylation sites is 1. The molecule has 4 rings (SSSR count). The number of urea groups is 1. The second-order valence-electron chi connectivity index (χ2n) is 7.41. The first-order valence-electron chi connectivity index (χ1n) is 10.5. The summed E-state index contributed by atoms with van der Waals surface area (Å²) in [6, 6.07) is 18.0. The third-order valence-electron chi connectivity index (χ3n) is 4.94. The number of anilines is 1. The Bertz CT molecular complexity index is 1280. The minimum absolute atomic E-state index is 0.0230. The highest BCUT2D eigenvalue weighted by Gasteiger charge is 2.34. The predicted octanol–water partition coefficient (Wildman–Crippen LogP) is 3.18. The van der Waals surface area contributed by atoms with E-state index in [1.165, 1.54) is 25.3 Å². The van der Waals surface area contributed by atoms with E-state index in [2.05, 4.69) is 15.4 Å². The molecule has 178 valence electrons. The van der Waals surface area contributed by atoms with E-state index in [1.54, 1.807) is 36.4 Å². The lowest BCUT2D eigenvalue weighted by Crippen LogP contribution is -2.30. The first kappa shape index (κ1) is 23.3. The molecule has 1 aromatic heterocycles. The molecule has 0 saturated carbocycles. The molecule has 1 aliphatic heterocycles. The molecule has 2 aromatic carbocycles. The van der Waals surface area contributed by atoms with Gasteiger partial charge in [-0.15, -0.1) is 0 Å². The molecule has 35 heavy (non-hydrogen) atoms. The Morgan fingerprint density at radius 1 is 1.03 bits per heavy atom. The van der Waals surface area contributed by atoms with E-state index in [9.17, 15) is 19.2 Å². The van der Waals surface area contributed by atoms with Gasteiger partial charge in [0.05, 0.1) is 13.7 Å². The van der Waals surface area contributed by atoms with Crippen LogP contribution in [0, 0.1) is 0 Å². The fraction of sp³-hybridized carbons (Fsp3) is 0.120. The topological polar surface area (TPSA) is 127 Å². The summed E-state index contributed by atoms with van der Waals surface area (Å²) in [5, 5.41) is 5.25. The third-order valence-corrected chi connectivity index (χ3v) is 4.94. The summed E-state index contributed by atoms with van der Waals surface area (Å²) in [7, 11) is 1.22. The lowest BCUT2D eigenvalue weighted by atomic mass is 10.2. The average molecular weight is 475 g/mol. The fourth-order valence-corrected chi connectivity index (χ4v) is 3.24. The Hall–Kier alpha value is -4.86. The van der Waals surface area contributed by atoms with E-state index in [4.69, 9.17) is 9.15 Å². The number of benzene rings is 2. The van der Waals surface area contributed by atoms with Crippen LogP contribution < -0.4 is 15.4 Å². The van der Waals surface area contributed by atoms with E-state index < -0.39 is 17.9 Å². The summed E-state index contributed by atoms with van der Waals surface area (Å²) < 4.78 is 15.4. The van der Waals surface area contributed by atoms with Crippen LogP contribution >= 0.6 is 0 Å². The van der Waals surface area contributed by atoms with E-state index in [0.717, 1.165) is 4.90 Å². The fourth-order valence-electron chi connectivity index (χ4n) is 3.24. The summed E-state index contributed by atoms with van der Waals surface area (Å²) in [4.78, 5) is 49.4. The van der Waals surface area contributed by atoms with Crippen molar-refractivity contribution in [1.29, 1.82) is 0 Å². The van der Waals surface area contributed by atoms with Gasteiger partial charge in [-0.3, -0.25) is 14.5 Å². The largest absolute Gasteiger partial charge is 0.484 e. The molecule has 0 bridgehead atoms. The number of imide groups is 1. The van der Waals surface area contributed by atoms with Crippen molar-refractivity contribution in [3.63, 3.8) is 0 Å². The van der Waals surface area contributed by atoms with Gasteiger partial charge >= 0.3 is 12.0 Å². The standard InChI is InChI=1S/C25H21N3O7/c1-33-24(31)21-12-11-19(35-21)14-28-23(30)20(27-25(28)32)13-16-7-9-18(10-8-16)34-15-22(29)26-17-5-3-2-4-6-17/h2-13H,14-15H2,1H3,(H,26,29)(H,27,32). The number of hydrogen-bond acceptors (Lipinski definition) is 7. The van der Waals surface area contributed by atoms with Crippen molar-refractivity contribution >= 4 is 35.6 Å². The zero-order valence-electron chi connectivity index (χ0n) is 18.6. The minimum Gasteiger partial charge on any atom is -0.484 e. The van der Waals surface area contributed by atoms with Crippen molar-refractivity contribution in [3.8, 4) is 5.75 Å². The number of rotatable bonds is 8. The molecule has 2 heterocycles. The Labute approximate surface area is 200 Å². The molecule has 0 radical (unpaired) electrons. The van der Waals surface area contributed by atoms with Gasteiger partial charge in [0.15, 0.2) is 6.61 Å². The predicted molar refractivity (Wildman–Crippen MR) is 124 cm³/mol. The van der Waals surface area contributed by atoms with Gasteiger partial charge in [0.1, 0.15) is 17.2 Å². The first-order chi connectivity index (χ1) is 16.9. The summed E-state index contributed by atoms with van der Waals surface area (Å²) in [6.45, 7) is -0.305. The lowest BCUT2D eigenvalue weighted by molar-refractivity contribution is -0.123. The van der Waals surface area contributed by atoms with Crippen LogP contribution in [0.3, 0.4) is 0 Å². The van der Waals surface area contributed by atoms with Gasteiger partial charge in [0.2, 0.25) is 5.76 Å². The maximum atomic E-state index is 12.7. The summed E-state index contributed by atoms with van der Waals surface area (Å²) >= 11 is 0. The Balaban J connectivity index is 1.34. The molecule has 4 amide bonds. The van der Waals surface area contributed by atoms with Gasteiger partial charge in [-0.05, 0) is 48.0 Å². The Morgan fingerprint density at radius 2 is 1.77 bits per heavy atom. The molecule has 1 fully saturated rings. The van der Waals surface area contributed by atoms with Crippen molar-refractivity contribution in [1.82, 2.24) is 10.2 Å². The van der Waals surface area contributed by atoms with E-state index in [-0.39, 0.29) is 36.3 Å². The van der Waals surface area contributed by atoms with Crippen LogP contribution in [-0.4, -0.2) is 42.4 Å². The molecule has 10 nitrogen and oxygen atoms in total. The summed E-state index contributed by atoms with van der Waals surface area (Å²) in [5.74, 6) is -0.782. The zero-order valence-corrected chi connectivity index (χ0v) is 18.6. The van der Waals surface area contributed by atoms with Crippen molar-refractivity contribution in [2.24, 2.45) is 0 Å². The Morgan fingerprint density at radius 3 is 2.49 bits per heavy atom. The van der Waals surface area contributed by atoms with Gasteiger partial charge in [0, 0.05) is 5.69 Å². The molecule has 10 heteroatoms. The van der Waals surface area contributed by atoms with E-state index in [1.807, 2.05) is 18.2 Å². The molecule has 0 unspecified atom stereocenters. The van der Waals surface area contributed by atoms with Crippen LogP contribution in [0.2, 0.25) is 0 Å². The summed E-state index contributed by atoms with van der Waals surface area (Å²) in [6.07, 6.45) is 1.52. The molecule has 2 N–H and O–H groups in total. The van der Waals surface area contributed by atoms with Crippen LogP contribution in [-0.2, 0) is 20.9 Å². The van der Waals surface area contributed by atoms with Gasteiger partial charge in [-0.1, -0.05) is 30.3 Å². The SMILES string of the molecule is COC(=O)c1ccc(CN2C(=O)NC(=Cc3ccc(OCC(=O)Nc4ccccc4)cc3)C2=O)o1. The number of methoxy groups -OCH3 is 1. The summed E-state index contributed by atoms with van der Waals surface area (Å²) in [5.41, 5.74) is 1.41. The number of furan rings is 1. The maximum absolute atomic E-state index is 12.7. The number of esters is 1. The number of carbonyl (C=O) groups excluding carboxylic acids is 4. The number of amides is 4. The second kappa shape index (κ2) is 10.4. The monoisotopic (exact) mass is 475 g/mol. The normalized spacial score (nSPS) is 14.1. The van der Waals surface area contributed by atoms with Gasteiger partial charge in [0.25, 0.3) is 11.8 Å². The van der Waals surface area contributed by atoms with Crippen molar-refractivity contribution in [2.45, 2.75) is 6.54 Å². The van der Waals surface area contributed by atoms with Gasteiger partial charge < -0.3 is 24.5 Å². The number of nitrogens with zero attached hydrogens (tertiary/aromatic N) is 1. The Kier molecular flexibility index (Phi) is 6.91. The lowest BCUT2D eigenvalue weighted by Gasteiger charge is -2.09. The van der Waals surface area contributed by atoms with Gasteiger partial charge in [-0.25, -0.2) is 9.59 Å². The van der Waals surface area contributed by atoms with Crippen LogP contribution in [0.1, 0.15) is 21.9 Å². The minimum atomic E-state index is -0.654. The maximum Gasteiger partial charge on any atom is 0.373 e. The van der Waals surface area contributed by atoms with Crippen LogP contribution in [0.5, 0.6) is 5.75 Å². The first-order valence-corrected chi connectivity index (χ1v) is 10.5. The molecular weight excluding hydrogens is 454 g/mol. The van der Waals surface area contributed by atoms with E-state index >= 15 is 0 Å². The van der Waals surface area contributed by atoms with Gasteiger partial charge in [-0.2, -0.15) is 0 Å². The molecule has 1 aliphatic rings. The van der Waals surface area contributed by atoms with E-state index in [0.29, 0.717) is 17.0 Å². The van der Waals surface area contributed by atoms with Crippen LogP contribution in [0.4, 0.5) is 10.5 Å². The highest BCUT2D eigenvalue weighted by molar-refractivity contribution is 6.13. The van der Waals surface area contributed by atoms with Crippen molar-refractivity contribution in [2.75, 3.05) is 19.0 Å². The number of hydrogen-bond donors (Lipinski definition) is 2.